The van der Waals surface area contributed by atoms with Gasteiger partial charge in [0.15, 0.2) is 5.16 Å². The average Bonchev–Trinajstić information content (AvgIpc) is 3.14. The topological polar surface area (TPSA) is 51.0 Å². The Morgan fingerprint density at radius 3 is 2.88 bits per heavy atom. The van der Waals surface area contributed by atoms with Gasteiger partial charge in [0.2, 0.25) is 5.91 Å². The van der Waals surface area contributed by atoms with Crippen LogP contribution in [0.2, 0.25) is 0 Å². The molecule has 0 N–H and O–H groups in total. The van der Waals surface area contributed by atoms with Gasteiger partial charge in [-0.15, -0.1) is 0 Å². The highest BCUT2D eigenvalue weighted by Crippen LogP contribution is 2.32. The van der Waals surface area contributed by atoms with Crippen molar-refractivity contribution in [1.82, 2.24) is 19.4 Å². The maximum absolute atomic E-state index is 13.2. The van der Waals surface area contributed by atoms with Gasteiger partial charge in [0.05, 0.1) is 22.8 Å². The van der Waals surface area contributed by atoms with Crippen molar-refractivity contribution < 1.29 is 18.0 Å². The number of halogens is 3. The van der Waals surface area contributed by atoms with E-state index < -0.39 is 11.7 Å². The summed E-state index contributed by atoms with van der Waals surface area (Å²) in [5.74, 6) is 0.358. The number of fused-ring (bicyclic) bond motifs is 1. The summed E-state index contributed by atoms with van der Waals surface area (Å²) >= 11 is 1.33. The molecule has 1 aliphatic rings. The summed E-state index contributed by atoms with van der Waals surface area (Å²) in [7, 11) is 0. The van der Waals surface area contributed by atoms with Gasteiger partial charge in [-0.1, -0.05) is 36.9 Å². The number of thioether (sulfide) groups is 1. The smallest absolute Gasteiger partial charge is 0.338 e. The highest BCUT2D eigenvalue weighted by molar-refractivity contribution is 7.98. The zero-order valence-electron chi connectivity index (χ0n) is 17.8. The van der Waals surface area contributed by atoms with Crippen LogP contribution in [0.1, 0.15) is 43.7 Å². The molecule has 4 rings (SSSR count). The third-order valence-electron chi connectivity index (χ3n) is 5.85. The minimum absolute atomic E-state index is 0.0422. The molecule has 0 spiro atoms. The van der Waals surface area contributed by atoms with Crippen LogP contribution in [0.25, 0.3) is 11.0 Å². The molecule has 1 atom stereocenters. The van der Waals surface area contributed by atoms with Crippen molar-refractivity contribution in [3.8, 4) is 0 Å². The molecular weight excluding hydrogens is 437 g/mol. The molecule has 3 aromatic rings. The molecule has 2 aromatic heterocycles. The second-order valence-corrected chi connectivity index (χ2v) is 8.92. The van der Waals surface area contributed by atoms with Crippen molar-refractivity contribution in [3.05, 3.63) is 53.9 Å². The number of alkyl halides is 3. The van der Waals surface area contributed by atoms with Gasteiger partial charge in [-0.3, -0.25) is 9.78 Å². The Bertz CT molecular complexity index is 1100. The average molecular weight is 463 g/mol. The van der Waals surface area contributed by atoms with Crippen molar-refractivity contribution in [3.63, 3.8) is 0 Å². The van der Waals surface area contributed by atoms with E-state index in [2.05, 4.69) is 16.9 Å². The van der Waals surface area contributed by atoms with E-state index in [4.69, 9.17) is 0 Å². The number of hydrogen-bond acceptors (Lipinski definition) is 4. The monoisotopic (exact) mass is 462 g/mol. The van der Waals surface area contributed by atoms with Gasteiger partial charge in [0.25, 0.3) is 0 Å². The van der Waals surface area contributed by atoms with Crippen LogP contribution in [0, 0.1) is 0 Å². The Morgan fingerprint density at radius 1 is 1.25 bits per heavy atom. The molecule has 1 aromatic carbocycles. The first-order valence-electron chi connectivity index (χ1n) is 10.8. The Labute approximate surface area is 189 Å². The first-order chi connectivity index (χ1) is 15.4. The van der Waals surface area contributed by atoms with Crippen molar-refractivity contribution in [2.45, 2.75) is 62.3 Å². The minimum atomic E-state index is -4.38. The van der Waals surface area contributed by atoms with Crippen LogP contribution in [0.5, 0.6) is 0 Å². The summed E-state index contributed by atoms with van der Waals surface area (Å²) in [5, 5.41) is 0.601. The molecule has 3 heterocycles. The molecule has 1 saturated heterocycles. The van der Waals surface area contributed by atoms with E-state index in [0.29, 0.717) is 22.0 Å². The number of rotatable bonds is 6. The largest absolute Gasteiger partial charge is 0.416 e. The van der Waals surface area contributed by atoms with Crippen LogP contribution in [0.4, 0.5) is 13.2 Å². The van der Waals surface area contributed by atoms with Gasteiger partial charge < -0.3 is 9.47 Å². The molecule has 0 saturated carbocycles. The van der Waals surface area contributed by atoms with Crippen molar-refractivity contribution in [2.24, 2.45) is 0 Å². The fourth-order valence-corrected chi connectivity index (χ4v) is 5.13. The molecule has 0 bridgehead atoms. The molecule has 1 unspecified atom stereocenters. The number of hydrogen-bond donors (Lipinski definition) is 0. The predicted octanol–water partition coefficient (Wildman–Crippen LogP) is 5.53. The number of benzene rings is 1. The van der Waals surface area contributed by atoms with E-state index in [0.717, 1.165) is 49.9 Å². The van der Waals surface area contributed by atoms with Crippen LogP contribution in [-0.4, -0.2) is 37.9 Å². The Morgan fingerprint density at radius 2 is 2.09 bits per heavy atom. The van der Waals surface area contributed by atoms with E-state index in [1.807, 2.05) is 9.47 Å². The zero-order chi connectivity index (χ0) is 22.7. The lowest BCUT2D eigenvalue weighted by Gasteiger charge is -2.35. The molecule has 1 amide bonds. The third kappa shape index (κ3) is 4.92. The first-order valence-corrected chi connectivity index (χ1v) is 11.7. The summed E-state index contributed by atoms with van der Waals surface area (Å²) in [4.78, 5) is 24.0. The predicted molar refractivity (Wildman–Crippen MR) is 118 cm³/mol. The Balaban J connectivity index is 1.57. The fourth-order valence-electron chi connectivity index (χ4n) is 4.18. The molecule has 9 heteroatoms. The highest BCUT2D eigenvalue weighted by Gasteiger charge is 2.30. The van der Waals surface area contributed by atoms with Crippen LogP contribution in [0.3, 0.4) is 0 Å². The van der Waals surface area contributed by atoms with E-state index in [-0.39, 0.29) is 18.5 Å². The lowest BCUT2D eigenvalue weighted by Crippen LogP contribution is -2.44. The highest BCUT2D eigenvalue weighted by atomic mass is 32.2. The fraction of sp³-hybridized carbons (Fsp3) is 0.435. The van der Waals surface area contributed by atoms with Crippen LogP contribution < -0.4 is 0 Å². The van der Waals surface area contributed by atoms with Crippen molar-refractivity contribution in [2.75, 3.05) is 6.54 Å². The zero-order valence-corrected chi connectivity index (χ0v) is 18.6. The Kier molecular flexibility index (Phi) is 6.74. The number of carbonyl (C=O) groups excluding carboxylic acids is 1. The SMILES string of the molecule is CCC1CCCCN1C(=O)Cn1c(SCc2cccc(C(F)(F)F)c2)nc2ccncc21. The summed E-state index contributed by atoms with van der Waals surface area (Å²) < 4.78 is 41.0. The number of carbonyl (C=O) groups is 1. The summed E-state index contributed by atoms with van der Waals surface area (Å²) in [6, 6.07) is 7.34. The van der Waals surface area contributed by atoms with Gasteiger partial charge in [-0.2, -0.15) is 13.2 Å². The molecule has 0 radical (unpaired) electrons. The normalized spacial score (nSPS) is 17.1. The molecule has 1 fully saturated rings. The van der Waals surface area contributed by atoms with E-state index in [9.17, 15) is 18.0 Å². The minimum Gasteiger partial charge on any atom is -0.338 e. The molecule has 1 aliphatic heterocycles. The van der Waals surface area contributed by atoms with Crippen molar-refractivity contribution >= 4 is 28.7 Å². The number of pyridine rings is 1. The molecule has 0 aliphatic carbocycles. The van der Waals surface area contributed by atoms with Gasteiger partial charge >= 0.3 is 6.18 Å². The number of imidazole rings is 1. The quantitative estimate of drug-likeness (QED) is 0.452. The van der Waals surface area contributed by atoms with Crippen LogP contribution in [-0.2, 0) is 23.3 Å². The first kappa shape index (κ1) is 22.6. The summed E-state index contributed by atoms with van der Waals surface area (Å²) in [5.41, 5.74) is 1.34. The lowest BCUT2D eigenvalue weighted by atomic mass is 10.00. The maximum atomic E-state index is 13.2. The number of amides is 1. The molecule has 32 heavy (non-hydrogen) atoms. The standard InChI is InChI=1S/C23H25F3N4OS/c1-2-18-8-3-4-11-29(18)21(31)14-30-20-13-27-10-9-19(20)28-22(30)32-15-16-6-5-7-17(12-16)23(24,25)26/h5-7,9-10,12-13,18H,2-4,8,11,14-15H2,1H3. The summed E-state index contributed by atoms with van der Waals surface area (Å²) in [6.45, 7) is 3.00. The van der Waals surface area contributed by atoms with Crippen LogP contribution in [0.15, 0.2) is 47.9 Å². The van der Waals surface area contributed by atoms with Gasteiger partial charge in [0.1, 0.15) is 6.54 Å². The summed E-state index contributed by atoms with van der Waals surface area (Å²) in [6.07, 6.45) is 3.03. The lowest BCUT2D eigenvalue weighted by molar-refractivity contribution is -0.137. The van der Waals surface area contributed by atoms with Gasteiger partial charge in [-0.25, -0.2) is 4.98 Å². The van der Waals surface area contributed by atoms with Crippen LogP contribution >= 0.6 is 11.8 Å². The molecule has 5 nitrogen and oxygen atoms in total. The Hall–Kier alpha value is -2.55. The number of likely N-dealkylation sites (tertiary alicyclic amines) is 1. The molecule has 170 valence electrons. The van der Waals surface area contributed by atoms with E-state index >= 15 is 0 Å². The van der Waals surface area contributed by atoms with Gasteiger partial charge in [-0.05, 0) is 43.4 Å². The maximum Gasteiger partial charge on any atom is 0.416 e. The van der Waals surface area contributed by atoms with E-state index in [1.54, 1.807) is 24.5 Å². The third-order valence-corrected chi connectivity index (χ3v) is 6.90. The second kappa shape index (κ2) is 9.52. The van der Waals surface area contributed by atoms with E-state index in [1.165, 1.54) is 17.8 Å². The second-order valence-electron chi connectivity index (χ2n) is 7.98. The molecular formula is C23H25F3N4OS. The van der Waals surface area contributed by atoms with Crippen molar-refractivity contribution in [1.29, 1.82) is 0 Å². The van der Waals surface area contributed by atoms with Gasteiger partial charge in [0, 0.05) is 24.5 Å². The number of nitrogens with zero attached hydrogens (tertiary/aromatic N) is 4. The number of piperidine rings is 1. The number of aromatic nitrogens is 3.